The zero-order chi connectivity index (χ0) is 14.4. The Kier molecular flexibility index (Phi) is 5.23. The van der Waals surface area contributed by atoms with Crippen molar-refractivity contribution in [1.82, 2.24) is 5.32 Å². The Bertz CT molecular complexity index is 636. The van der Waals surface area contributed by atoms with E-state index in [-0.39, 0.29) is 5.91 Å². The van der Waals surface area contributed by atoms with Crippen LogP contribution in [-0.4, -0.2) is 25.4 Å². The molecule has 1 amide bonds. The molecule has 2 aromatic rings. The summed E-state index contributed by atoms with van der Waals surface area (Å²) in [5.41, 5.74) is 1.48. The molecule has 0 aliphatic rings. The van der Waals surface area contributed by atoms with Gasteiger partial charge in [0.15, 0.2) is 0 Å². The standard InChI is InChI=1S/C16H15NO2Te/c1-13(18)17-16(14-8-4-2-5-9-14)12-20(19)15-10-6-3-7-11-15/h2-12H,1H3,(H,17,18)/b16-12+. The molecule has 0 radical (unpaired) electrons. The molecule has 0 saturated heterocycles. The van der Waals surface area contributed by atoms with Crippen LogP contribution in [0.1, 0.15) is 12.5 Å². The van der Waals surface area contributed by atoms with Gasteiger partial charge in [-0.15, -0.1) is 0 Å². The molecule has 2 rings (SSSR count). The first-order chi connectivity index (χ1) is 9.66. The third-order valence-corrected chi connectivity index (χ3v) is 5.98. The van der Waals surface area contributed by atoms with Gasteiger partial charge in [-0.2, -0.15) is 0 Å². The van der Waals surface area contributed by atoms with Crippen LogP contribution in [0.25, 0.3) is 5.70 Å². The van der Waals surface area contributed by atoms with Gasteiger partial charge in [0.1, 0.15) is 0 Å². The van der Waals surface area contributed by atoms with Crippen molar-refractivity contribution < 1.29 is 7.90 Å². The summed E-state index contributed by atoms with van der Waals surface area (Å²) in [6.45, 7) is 1.45. The van der Waals surface area contributed by atoms with Crippen LogP contribution in [0.4, 0.5) is 0 Å². The molecule has 0 heterocycles. The summed E-state index contributed by atoms with van der Waals surface area (Å²) in [7, 11) is 0. The minimum atomic E-state index is -2.80. The number of carbonyl (C=O) groups excluding carboxylic acids is 1. The molecule has 0 bridgehead atoms. The van der Waals surface area contributed by atoms with Gasteiger partial charge in [-0.25, -0.2) is 0 Å². The van der Waals surface area contributed by atoms with Crippen molar-refractivity contribution in [2.24, 2.45) is 0 Å². The second-order valence-electron chi connectivity index (χ2n) is 4.19. The first-order valence-corrected chi connectivity index (χ1v) is 9.63. The first-order valence-electron chi connectivity index (χ1n) is 6.17. The molecular weight excluding hydrogens is 366 g/mol. The van der Waals surface area contributed by atoms with E-state index >= 15 is 0 Å². The fraction of sp³-hybridized carbons (Fsp3) is 0.0625. The molecule has 0 unspecified atom stereocenters. The summed E-state index contributed by atoms with van der Waals surface area (Å²) >= 11 is -2.80. The number of amides is 1. The Hall–Kier alpha value is -1.76. The third-order valence-electron chi connectivity index (χ3n) is 2.60. The van der Waals surface area contributed by atoms with Crippen molar-refractivity contribution in [2.75, 3.05) is 0 Å². The molecule has 0 aliphatic heterocycles. The predicted molar refractivity (Wildman–Crippen MR) is 80.8 cm³/mol. The van der Waals surface area contributed by atoms with Gasteiger partial charge in [-0.1, -0.05) is 0 Å². The first kappa shape index (κ1) is 14.6. The van der Waals surface area contributed by atoms with E-state index in [1.165, 1.54) is 6.92 Å². The predicted octanol–water partition coefficient (Wildman–Crippen LogP) is 2.03. The van der Waals surface area contributed by atoms with E-state index in [1.54, 1.807) is 4.12 Å². The number of nitrogens with one attached hydrogen (secondary N) is 1. The average molecular weight is 381 g/mol. The Labute approximate surface area is 125 Å². The number of carbonyl (C=O) groups is 1. The maximum atomic E-state index is 12.4. The molecule has 0 fully saturated rings. The zero-order valence-corrected chi connectivity index (χ0v) is 13.4. The van der Waals surface area contributed by atoms with Crippen molar-refractivity contribution >= 4 is 34.8 Å². The summed E-state index contributed by atoms with van der Waals surface area (Å²) in [6, 6.07) is 18.8. The van der Waals surface area contributed by atoms with Crippen LogP contribution in [0.15, 0.2) is 64.8 Å². The fourth-order valence-corrected chi connectivity index (χ4v) is 4.48. The molecule has 0 atom stereocenters. The van der Waals surface area contributed by atoms with Crippen molar-refractivity contribution in [1.29, 1.82) is 0 Å². The molecule has 20 heavy (non-hydrogen) atoms. The number of hydrogen-bond donors (Lipinski definition) is 1. The SMILES string of the molecule is CC(=O)N/C(=C/[Te](=O)c1ccccc1)c1ccccc1. The van der Waals surface area contributed by atoms with Gasteiger partial charge in [0.05, 0.1) is 0 Å². The number of benzene rings is 2. The second-order valence-corrected chi connectivity index (χ2v) is 7.91. The monoisotopic (exact) mass is 383 g/mol. The molecule has 1 N–H and O–H groups in total. The Balaban J connectivity index is 2.34. The van der Waals surface area contributed by atoms with E-state index in [1.807, 2.05) is 60.7 Å². The molecule has 3 nitrogen and oxygen atoms in total. The second kappa shape index (κ2) is 7.14. The topological polar surface area (TPSA) is 46.2 Å². The Morgan fingerprint density at radius 1 is 1.00 bits per heavy atom. The van der Waals surface area contributed by atoms with Crippen molar-refractivity contribution in [2.45, 2.75) is 6.92 Å². The van der Waals surface area contributed by atoms with Crippen molar-refractivity contribution in [3.63, 3.8) is 0 Å². The van der Waals surface area contributed by atoms with Gasteiger partial charge in [0, 0.05) is 0 Å². The fourth-order valence-electron chi connectivity index (χ4n) is 1.71. The van der Waals surface area contributed by atoms with Gasteiger partial charge >= 0.3 is 125 Å². The van der Waals surface area contributed by atoms with Crippen LogP contribution in [0, 0.1) is 0 Å². The average Bonchev–Trinajstić information content (AvgIpc) is 2.48. The molecule has 0 spiro atoms. The normalized spacial score (nSPS) is 11.4. The number of hydrogen-bond acceptors (Lipinski definition) is 2. The van der Waals surface area contributed by atoms with E-state index in [2.05, 4.69) is 5.32 Å². The van der Waals surface area contributed by atoms with Gasteiger partial charge < -0.3 is 0 Å². The van der Waals surface area contributed by atoms with Gasteiger partial charge in [-0.05, 0) is 0 Å². The molecule has 0 aliphatic carbocycles. The molecule has 102 valence electrons. The van der Waals surface area contributed by atoms with E-state index in [0.29, 0.717) is 5.70 Å². The quantitative estimate of drug-likeness (QED) is 0.825. The van der Waals surface area contributed by atoms with E-state index < -0.39 is 19.5 Å². The summed E-state index contributed by atoms with van der Waals surface area (Å²) in [4.78, 5) is 11.3. The van der Waals surface area contributed by atoms with E-state index in [9.17, 15) is 7.90 Å². The van der Waals surface area contributed by atoms with Gasteiger partial charge in [0.2, 0.25) is 0 Å². The summed E-state index contributed by atoms with van der Waals surface area (Å²) < 4.78 is 15.0. The molecular formula is C16H15NO2Te. The van der Waals surface area contributed by atoms with Gasteiger partial charge in [-0.3, -0.25) is 0 Å². The Morgan fingerprint density at radius 3 is 2.10 bits per heavy atom. The molecule has 2 aromatic carbocycles. The van der Waals surface area contributed by atoms with Crippen LogP contribution in [0.5, 0.6) is 0 Å². The summed E-state index contributed by atoms with van der Waals surface area (Å²) in [5, 5.41) is 2.76. The van der Waals surface area contributed by atoms with Crippen LogP contribution in [0.3, 0.4) is 0 Å². The molecule has 0 saturated carbocycles. The maximum absolute atomic E-state index is 12.4. The van der Waals surface area contributed by atoms with Crippen molar-refractivity contribution in [3.05, 3.63) is 70.4 Å². The summed E-state index contributed by atoms with van der Waals surface area (Å²) in [6.07, 6.45) is 0. The van der Waals surface area contributed by atoms with Crippen LogP contribution < -0.4 is 8.93 Å². The Morgan fingerprint density at radius 2 is 1.55 bits per heavy atom. The van der Waals surface area contributed by atoms with Crippen LogP contribution in [-0.2, 0) is 7.90 Å². The summed E-state index contributed by atoms with van der Waals surface area (Å²) in [5.74, 6) is -0.167. The molecule has 0 aromatic heterocycles. The van der Waals surface area contributed by atoms with E-state index in [0.717, 1.165) is 9.17 Å². The van der Waals surface area contributed by atoms with E-state index in [4.69, 9.17) is 0 Å². The van der Waals surface area contributed by atoms with Crippen LogP contribution in [0.2, 0.25) is 0 Å². The van der Waals surface area contributed by atoms with Crippen molar-refractivity contribution in [3.8, 4) is 0 Å². The van der Waals surface area contributed by atoms with Crippen LogP contribution >= 0.6 is 0 Å². The van der Waals surface area contributed by atoms with Gasteiger partial charge in [0.25, 0.3) is 0 Å². The minimum absolute atomic E-state index is 0.167. The molecule has 4 heteroatoms. The number of rotatable bonds is 4. The zero-order valence-electron chi connectivity index (χ0n) is 11.1. The third kappa shape index (κ3) is 4.12.